The maximum Gasteiger partial charge on any atom is 0.244 e. The number of nitrogens with one attached hydrogen (secondary N) is 1. The lowest BCUT2D eigenvalue weighted by Crippen LogP contribution is -2.03. The Morgan fingerprint density at radius 2 is 1.91 bits per heavy atom. The van der Waals surface area contributed by atoms with Gasteiger partial charge in [-0.15, -0.1) is 0 Å². The third kappa shape index (κ3) is 2.44. The molecule has 1 aromatic carbocycles. The average molecular weight is 311 g/mol. The van der Waals surface area contributed by atoms with E-state index in [0.29, 0.717) is 33.8 Å². The Bertz CT molecular complexity index is 930. The molecular formula is C18H17NO4. The van der Waals surface area contributed by atoms with E-state index in [9.17, 15) is 9.59 Å². The molecular weight excluding hydrogens is 294 g/mol. The van der Waals surface area contributed by atoms with Gasteiger partial charge in [-0.25, -0.2) is 0 Å². The first-order valence-corrected chi connectivity index (χ1v) is 7.24. The number of hydrogen-bond donors (Lipinski definition) is 1. The van der Waals surface area contributed by atoms with Gasteiger partial charge < -0.3 is 14.1 Å². The highest BCUT2D eigenvalue weighted by Crippen LogP contribution is 2.27. The zero-order chi connectivity index (χ0) is 16.7. The van der Waals surface area contributed by atoms with Crippen molar-refractivity contribution in [2.75, 3.05) is 7.11 Å². The fourth-order valence-electron chi connectivity index (χ4n) is 2.88. The molecule has 0 bridgehead atoms. The van der Waals surface area contributed by atoms with Crippen molar-refractivity contribution in [2.24, 2.45) is 0 Å². The molecule has 0 aliphatic heterocycles. The molecule has 118 valence electrons. The number of aryl methyl sites for hydroxylation is 1. The van der Waals surface area contributed by atoms with Crippen LogP contribution in [0, 0.1) is 13.8 Å². The van der Waals surface area contributed by atoms with Crippen LogP contribution in [-0.4, -0.2) is 23.7 Å². The van der Waals surface area contributed by atoms with Crippen LogP contribution in [0.3, 0.4) is 0 Å². The van der Waals surface area contributed by atoms with Gasteiger partial charge in [-0.1, -0.05) is 0 Å². The molecule has 0 unspecified atom stereocenters. The number of aromatic nitrogens is 1. The quantitative estimate of drug-likeness (QED) is 0.743. The van der Waals surface area contributed by atoms with Gasteiger partial charge in [0.2, 0.25) is 5.78 Å². The van der Waals surface area contributed by atoms with Gasteiger partial charge in [0.15, 0.2) is 11.5 Å². The fraction of sp³-hybridized carbons (Fsp3) is 0.222. The molecule has 0 saturated heterocycles. The summed E-state index contributed by atoms with van der Waals surface area (Å²) in [5.41, 5.74) is 2.87. The summed E-state index contributed by atoms with van der Waals surface area (Å²) in [5.74, 6) is 0.558. The summed E-state index contributed by atoms with van der Waals surface area (Å²) in [4.78, 5) is 27.4. The molecule has 0 amide bonds. The predicted molar refractivity (Wildman–Crippen MR) is 86.5 cm³/mol. The molecule has 0 aliphatic carbocycles. The van der Waals surface area contributed by atoms with E-state index >= 15 is 0 Å². The van der Waals surface area contributed by atoms with Gasteiger partial charge in [0, 0.05) is 22.7 Å². The summed E-state index contributed by atoms with van der Waals surface area (Å²) in [6.45, 7) is 5.04. The minimum Gasteiger partial charge on any atom is -0.497 e. The van der Waals surface area contributed by atoms with Crippen molar-refractivity contribution < 1.29 is 18.7 Å². The highest BCUT2D eigenvalue weighted by atomic mass is 16.5. The number of Topliss-reactive ketones (excluding diaryl/α,β-unsaturated/α-hetero) is 1. The standard InChI is InChI=1S/C18H17NO4/c1-9-16(11(3)20)10(2)19-17(9)18(21)15-7-12-5-6-13(22-4)8-14(12)23-15/h5-8,19H,1-4H3. The predicted octanol–water partition coefficient (Wildman–Crippen LogP) is 3.82. The molecule has 0 radical (unpaired) electrons. The molecule has 0 fully saturated rings. The zero-order valence-corrected chi connectivity index (χ0v) is 13.4. The Hall–Kier alpha value is -2.82. The fourth-order valence-corrected chi connectivity index (χ4v) is 2.88. The molecule has 3 aromatic rings. The highest BCUT2D eigenvalue weighted by Gasteiger charge is 2.23. The normalized spacial score (nSPS) is 11.0. The number of fused-ring (bicyclic) bond motifs is 1. The third-order valence-corrected chi connectivity index (χ3v) is 3.97. The summed E-state index contributed by atoms with van der Waals surface area (Å²) >= 11 is 0. The van der Waals surface area contributed by atoms with E-state index in [1.807, 2.05) is 12.1 Å². The van der Waals surface area contributed by atoms with Crippen molar-refractivity contribution in [2.45, 2.75) is 20.8 Å². The minimum atomic E-state index is -0.270. The van der Waals surface area contributed by atoms with E-state index in [4.69, 9.17) is 9.15 Å². The zero-order valence-electron chi connectivity index (χ0n) is 13.4. The first kappa shape index (κ1) is 15.1. The third-order valence-electron chi connectivity index (χ3n) is 3.97. The molecule has 5 nitrogen and oxygen atoms in total. The SMILES string of the molecule is COc1ccc2cc(C(=O)c3[nH]c(C)c(C(C)=O)c3C)oc2c1. The molecule has 0 saturated carbocycles. The summed E-state index contributed by atoms with van der Waals surface area (Å²) in [5, 5.41) is 0.821. The summed E-state index contributed by atoms with van der Waals surface area (Å²) in [6, 6.07) is 7.08. The molecule has 0 spiro atoms. The van der Waals surface area contributed by atoms with Crippen molar-refractivity contribution in [1.29, 1.82) is 0 Å². The number of ketones is 2. The van der Waals surface area contributed by atoms with E-state index in [1.165, 1.54) is 6.92 Å². The molecule has 1 N–H and O–H groups in total. The molecule has 2 heterocycles. The lowest BCUT2D eigenvalue weighted by Gasteiger charge is -1.98. The van der Waals surface area contributed by atoms with Gasteiger partial charge in [-0.2, -0.15) is 0 Å². The molecule has 3 rings (SSSR count). The van der Waals surface area contributed by atoms with Crippen LogP contribution in [-0.2, 0) is 0 Å². The van der Waals surface area contributed by atoms with Gasteiger partial charge in [0.1, 0.15) is 11.3 Å². The number of ether oxygens (including phenoxy) is 1. The number of methoxy groups -OCH3 is 1. The van der Waals surface area contributed by atoms with E-state index < -0.39 is 0 Å². The van der Waals surface area contributed by atoms with Gasteiger partial charge in [0.05, 0.1) is 12.8 Å². The number of furan rings is 1. The van der Waals surface area contributed by atoms with Gasteiger partial charge in [-0.3, -0.25) is 9.59 Å². The number of benzene rings is 1. The Balaban J connectivity index is 2.07. The van der Waals surface area contributed by atoms with Crippen LogP contribution >= 0.6 is 0 Å². The number of rotatable bonds is 4. The van der Waals surface area contributed by atoms with Gasteiger partial charge >= 0.3 is 0 Å². The van der Waals surface area contributed by atoms with Crippen molar-refractivity contribution in [3.63, 3.8) is 0 Å². The van der Waals surface area contributed by atoms with Crippen LogP contribution in [0.5, 0.6) is 5.75 Å². The van der Waals surface area contributed by atoms with Crippen LogP contribution in [0.25, 0.3) is 11.0 Å². The monoisotopic (exact) mass is 311 g/mol. The minimum absolute atomic E-state index is 0.0651. The first-order valence-electron chi connectivity index (χ1n) is 7.24. The Labute approximate surface area is 133 Å². The number of H-pyrrole nitrogens is 1. The van der Waals surface area contributed by atoms with Crippen LogP contribution in [0.2, 0.25) is 0 Å². The van der Waals surface area contributed by atoms with E-state index in [1.54, 1.807) is 33.1 Å². The smallest absolute Gasteiger partial charge is 0.244 e. The van der Waals surface area contributed by atoms with Gasteiger partial charge in [0.25, 0.3) is 0 Å². The lowest BCUT2D eigenvalue weighted by atomic mass is 10.0. The molecule has 23 heavy (non-hydrogen) atoms. The maximum absolute atomic E-state index is 12.7. The molecule has 0 atom stereocenters. The van der Waals surface area contributed by atoms with Crippen molar-refractivity contribution in [3.05, 3.63) is 52.5 Å². The topological polar surface area (TPSA) is 72.3 Å². The summed E-state index contributed by atoms with van der Waals surface area (Å²) in [7, 11) is 1.57. The molecule has 2 aromatic heterocycles. The van der Waals surface area contributed by atoms with Crippen LogP contribution < -0.4 is 4.74 Å². The van der Waals surface area contributed by atoms with Crippen molar-refractivity contribution in [1.82, 2.24) is 4.98 Å². The summed E-state index contributed by atoms with van der Waals surface area (Å²) in [6.07, 6.45) is 0. The highest BCUT2D eigenvalue weighted by molar-refractivity contribution is 6.11. The second kappa shape index (κ2) is 5.43. The van der Waals surface area contributed by atoms with Crippen molar-refractivity contribution in [3.8, 4) is 5.75 Å². The van der Waals surface area contributed by atoms with Crippen molar-refractivity contribution >= 4 is 22.5 Å². The summed E-state index contributed by atoms with van der Waals surface area (Å²) < 4.78 is 10.8. The number of carbonyl (C=O) groups excluding carboxylic acids is 2. The number of carbonyl (C=O) groups is 2. The maximum atomic E-state index is 12.7. The van der Waals surface area contributed by atoms with Crippen LogP contribution in [0.15, 0.2) is 28.7 Å². The first-order chi connectivity index (χ1) is 10.9. The molecule has 0 aliphatic rings. The van der Waals surface area contributed by atoms with E-state index in [2.05, 4.69) is 4.98 Å². The van der Waals surface area contributed by atoms with E-state index in [-0.39, 0.29) is 17.3 Å². The Morgan fingerprint density at radius 3 is 2.52 bits per heavy atom. The number of hydrogen-bond acceptors (Lipinski definition) is 4. The van der Waals surface area contributed by atoms with E-state index in [0.717, 1.165) is 5.39 Å². The second-order valence-corrected chi connectivity index (χ2v) is 5.52. The Morgan fingerprint density at radius 1 is 1.17 bits per heavy atom. The van der Waals surface area contributed by atoms with Crippen LogP contribution in [0.4, 0.5) is 0 Å². The lowest BCUT2D eigenvalue weighted by molar-refractivity contribution is 0.100. The van der Waals surface area contributed by atoms with Crippen LogP contribution in [0.1, 0.15) is 44.8 Å². The van der Waals surface area contributed by atoms with Gasteiger partial charge in [-0.05, 0) is 44.5 Å². The second-order valence-electron chi connectivity index (χ2n) is 5.52. The molecule has 5 heteroatoms. The average Bonchev–Trinajstić information content (AvgIpc) is 3.06. The largest absolute Gasteiger partial charge is 0.497 e. The Kier molecular flexibility index (Phi) is 3.56. The number of aromatic amines is 1.